The van der Waals surface area contributed by atoms with Gasteiger partial charge in [0.2, 0.25) is 5.91 Å². The molecule has 0 spiro atoms. The first-order valence-electron chi connectivity index (χ1n) is 9.65. The van der Waals surface area contributed by atoms with E-state index in [1.807, 2.05) is 24.4 Å². The highest BCUT2D eigenvalue weighted by Crippen LogP contribution is 2.33. The summed E-state index contributed by atoms with van der Waals surface area (Å²) in [6.45, 7) is 1.58. The Bertz CT molecular complexity index is 922. The molecule has 0 radical (unpaired) electrons. The fourth-order valence-electron chi connectivity index (χ4n) is 3.91. The van der Waals surface area contributed by atoms with Gasteiger partial charge in [0, 0.05) is 31.3 Å². The Labute approximate surface area is 164 Å². The molecule has 0 fully saturated rings. The average Bonchev–Trinajstić information content (AvgIpc) is 3.25. The van der Waals surface area contributed by atoms with Crippen LogP contribution in [0.3, 0.4) is 0 Å². The summed E-state index contributed by atoms with van der Waals surface area (Å²) >= 11 is 0. The van der Waals surface area contributed by atoms with Gasteiger partial charge in [-0.15, -0.1) is 0 Å². The Morgan fingerprint density at radius 1 is 1.18 bits per heavy atom. The molecule has 144 valence electrons. The summed E-state index contributed by atoms with van der Waals surface area (Å²) < 4.78 is 5.43. The van der Waals surface area contributed by atoms with Crippen LogP contribution in [0, 0.1) is 0 Å². The van der Waals surface area contributed by atoms with E-state index >= 15 is 0 Å². The van der Waals surface area contributed by atoms with Gasteiger partial charge >= 0.3 is 0 Å². The zero-order chi connectivity index (χ0) is 19.3. The van der Waals surface area contributed by atoms with Crippen molar-refractivity contribution in [2.75, 3.05) is 6.54 Å². The van der Waals surface area contributed by atoms with Crippen LogP contribution in [0.4, 0.5) is 0 Å². The number of primary amides is 1. The largest absolute Gasteiger partial charge is 0.449 e. The molecule has 0 bridgehead atoms. The number of aryl methyl sites for hydroxylation is 1. The van der Waals surface area contributed by atoms with Crippen molar-refractivity contribution in [1.29, 1.82) is 0 Å². The lowest BCUT2D eigenvalue weighted by atomic mass is 9.90. The maximum Gasteiger partial charge on any atom is 0.248 e. The van der Waals surface area contributed by atoms with E-state index in [1.165, 1.54) is 11.3 Å². The van der Waals surface area contributed by atoms with E-state index in [0.717, 1.165) is 50.2 Å². The Morgan fingerprint density at radius 3 is 2.79 bits per heavy atom. The highest BCUT2D eigenvalue weighted by molar-refractivity contribution is 5.92. The first kappa shape index (κ1) is 18.4. The number of hydrogen-bond donors (Lipinski definition) is 1. The Balaban J connectivity index is 1.57. The van der Waals surface area contributed by atoms with Gasteiger partial charge in [0.05, 0.1) is 17.9 Å². The standard InChI is InChI=1S/C22H24N4O2/c23-22(27)18-8-6-16(7-9-18)15-26(13-10-20-24-12-14-28-20)19-5-1-3-17-4-2-11-25-21(17)19/h2,4,6-9,11-12,14,19H,1,3,5,10,13,15H2,(H2,23,27). The number of rotatable bonds is 7. The molecule has 6 nitrogen and oxygen atoms in total. The Kier molecular flexibility index (Phi) is 5.48. The van der Waals surface area contributed by atoms with Crippen molar-refractivity contribution in [2.24, 2.45) is 5.73 Å². The maximum atomic E-state index is 11.3. The highest BCUT2D eigenvalue weighted by atomic mass is 16.3. The van der Waals surface area contributed by atoms with Crippen LogP contribution in [0.1, 0.15) is 52.0 Å². The summed E-state index contributed by atoms with van der Waals surface area (Å²) in [5.41, 5.74) is 9.54. The molecule has 2 N–H and O–H groups in total. The molecule has 1 atom stereocenters. The average molecular weight is 376 g/mol. The molecule has 1 aliphatic carbocycles. The minimum Gasteiger partial charge on any atom is -0.449 e. The summed E-state index contributed by atoms with van der Waals surface area (Å²) in [6.07, 6.45) is 9.23. The number of oxazole rings is 1. The minimum atomic E-state index is -0.405. The lowest BCUT2D eigenvalue weighted by Crippen LogP contribution is -2.33. The number of hydrogen-bond acceptors (Lipinski definition) is 5. The van der Waals surface area contributed by atoms with Crippen molar-refractivity contribution in [3.8, 4) is 0 Å². The predicted molar refractivity (Wildman–Crippen MR) is 105 cm³/mol. The number of aromatic nitrogens is 2. The zero-order valence-corrected chi connectivity index (χ0v) is 15.8. The van der Waals surface area contributed by atoms with Crippen LogP contribution in [-0.4, -0.2) is 27.3 Å². The predicted octanol–water partition coefficient (Wildman–Crippen LogP) is 3.29. The van der Waals surface area contributed by atoms with Gasteiger partial charge in [-0.1, -0.05) is 18.2 Å². The van der Waals surface area contributed by atoms with Crippen molar-refractivity contribution >= 4 is 5.91 Å². The van der Waals surface area contributed by atoms with Gasteiger partial charge < -0.3 is 10.2 Å². The minimum absolute atomic E-state index is 0.260. The molecule has 1 aliphatic rings. The van der Waals surface area contributed by atoms with Crippen LogP contribution in [0.25, 0.3) is 0 Å². The number of carbonyl (C=O) groups excluding carboxylic acids is 1. The van der Waals surface area contributed by atoms with Gasteiger partial charge in [-0.3, -0.25) is 14.7 Å². The third kappa shape index (κ3) is 4.12. The molecule has 1 aromatic carbocycles. The van der Waals surface area contributed by atoms with Crippen molar-refractivity contribution in [2.45, 2.75) is 38.3 Å². The van der Waals surface area contributed by atoms with E-state index in [9.17, 15) is 4.79 Å². The second kappa shape index (κ2) is 8.35. The Morgan fingerprint density at radius 2 is 2.04 bits per heavy atom. The third-order valence-corrected chi connectivity index (χ3v) is 5.33. The number of nitrogens with two attached hydrogens (primary N) is 1. The van der Waals surface area contributed by atoms with Crippen LogP contribution in [0.15, 0.2) is 59.5 Å². The molecule has 4 rings (SSSR count). The monoisotopic (exact) mass is 376 g/mol. The normalized spacial score (nSPS) is 16.1. The molecule has 0 saturated carbocycles. The van der Waals surface area contributed by atoms with Crippen LogP contribution in [0.2, 0.25) is 0 Å². The molecular formula is C22H24N4O2. The number of fused-ring (bicyclic) bond motifs is 1. The van der Waals surface area contributed by atoms with E-state index in [-0.39, 0.29) is 6.04 Å². The quantitative estimate of drug-likeness (QED) is 0.684. The fraction of sp³-hybridized carbons (Fsp3) is 0.318. The van der Waals surface area contributed by atoms with Crippen molar-refractivity contribution in [3.05, 3.63) is 83.3 Å². The zero-order valence-electron chi connectivity index (χ0n) is 15.8. The molecule has 2 heterocycles. The van der Waals surface area contributed by atoms with Crippen molar-refractivity contribution in [1.82, 2.24) is 14.9 Å². The number of carbonyl (C=O) groups is 1. The van der Waals surface area contributed by atoms with E-state index < -0.39 is 5.91 Å². The van der Waals surface area contributed by atoms with Gasteiger partial charge in [-0.25, -0.2) is 4.98 Å². The SMILES string of the molecule is NC(=O)c1ccc(CN(CCc2ncco2)C2CCCc3cccnc32)cc1. The smallest absolute Gasteiger partial charge is 0.248 e. The molecular weight excluding hydrogens is 352 g/mol. The summed E-state index contributed by atoms with van der Waals surface area (Å²) in [6, 6.07) is 12.0. The van der Waals surface area contributed by atoms with E-state index in [2.05, 4.69) is 16.0 Å². The van der Waals surface area contributed by atoms with Crippen molar-refractivity contribution < 1.29 is 9.21 Å². The van der Waals surface area contributed by atoms with E-state index in [4.69, 9.17) is 15.1 Å². The van der Waals surface area contributed by atoms with Gasteiger partial charge in [0.15, 0.2) is 5.89 Å². The second-order valence-corrected chi connectivity index (χ2v) is 7.16. The molecule has 1 unspecified atom stereocenters. The molecule has 1 amide bonds. The third-order valence-electron chi connectivity index (χ3n) is 5.33. The van der Waals surface area contributed by atoms with Crippen LogP contribution in [-0.2, 0) is 19.4 Å². The highest BCUT2D eigenvalue weighted by Gasteiger charge is 2.27. The summed E-state index contributed by atoms with van der Waals surface area (Å²) in [5.74, 6) is 0.337. The summed E-state index contributed by atoms with van der Waals surface area (Å²) in [4.78, 5) is 22.7. The van der Waals surface area contributed by atoms with Crippen LogP contribution >= 0.6 is 0 Å². The van der Waals surface area contributed by atoms with Crippen LogP contribution < -0.4 is 5.73 Å². The van der Waals surface area contributed by atoms with Crippen molar-refractivity contribution in [3.63, 3.8) is 0 Å². The molecule has 3 aromatic rings. The number of amides is 1. The molecule has 28 heavy (non-hydrogen) atoms. The number of nitrogens with zero attached hydrogens (tertiary/aromatic N) is 3. The van der Waals surface area contributed by atoms with Gasteiger partial charge in [0.25, 0.3) is 0 Å². The lowest BCUT2D eigenvalue weighted by Gasteiger charge is -2.35. The van der Waals surface area contributed by atoms with Gasteiger partial charge in [0.1, 0.15) is 6.26 Å². The molecule has 0 aliphatic heterocycles. The first-order chi connectivity index (χ1) is 13.7. The topological polar surface area (TPSA) is 85.3 Å². The number of benzene rings is 1. The molecule has 6 heteroatoms. The number of pyridine rings is 1. The summed E-state index contributed by atoms with van der Waals surface area (Å²) in [7, 11) is 0. The van der Waals surface area contributed by atoms with E-state index in [0.29, 0.717) is 5.56 Å². The maximum absolute atomic E-state index is 11.3. The second-order valence-electron chi connectivity index (χ2n) is 7.16. The van der Waals surface area contributed by atoms with Gasteiger partial charge in [-0.05, 0) is 48.6 Å². The molecule has 2 aromatic heterocycles. The van der Waals surface area contributed by atoms with E-state index in [1.54, 1.807) is 24.6 Å². The summed E-state index contributed by atoms with van der Waals surface area (Å²) in [5, 5.41) is 0. The molecule has 0 saturated heterocycles. The Hall–Kier alpha value is -2.99. The lowest BCUT2D eigenvalue weighted by molar-refractivity contribution is 0.1000. The van der Waals surface area contributed by atoms with Gasteiger partial charge in [-0.2, -0.15) is 0 Å². The first-order valence-corrected chi connectivity index (χ1v) is 9.65. The fourth-order valence-corrected chi connectivity index (χ4v) is 3.91. The van der Waals surface area contributed by atoms with Crippen LogP contribution in [0.5, 0.6) is 0 Å².